The summed E-state index contributed by atoms with van der Waals surface area (Å²) in [5.74, 6) is -0.889. The lowest BCUT2D eigenvalue weighted by Crippen LogP contribution is -2.30. The Labute approximate surface area is 491 Å². The van der Waals surface area contributed by atoms with E-state index in [9.17, 15) is 14.4 Å². The van der Waals surface area contributed by atoms with Gasteiger partial charge in [-0.05, 0) is 83.5 Å². The molecule has 0 radical (unpaired) electrons. The molecule has 0 rings (SSSR count). The molecule has 79 heavy (non-hydrogen) atoms. The van der Waals surface area contributed by atoms with Gasteiger partial charge in [0.2, 0.25) is 0 Å². The molecule has 0 aromatic carbocycles. The highest BCUT2D eigenvalue weighted by Gasteiger charge is 2.19. The van der Waals surface area contributed by atoms with Gasteiger partial charge in [-0.25, -0.2) is 0 Å². The fourth-order valence-electron chi connectivity index (χ4n) is 10.3. The Morgan fingerprint density at radius 2 is 0.494 bits per heavy atom. The van der Waals surface area contributed by atoms with Crippen molar-refractivity contribution in [1.29, 1.82) is 0 Å². The molecular weight excluding hydrogens is 973 g/mol. The lowest BCUT2D eigenvalue weighted by molar-refractivity contribution is -0.167. The van der Waals surface area contributed by atoms with Crippen LogP contribution in [0.25, 0.3) is 0 Å². The zero-order valence-corrected chi connectivity index (χ0v) is 52.9. The van der Waals surface area contributed by atoms with Crippen molar-refractivity contribution < 1.29 is 28.6 Å². The van der Waals surface area contributed by atoms with Gasteiger partial charge in [-0.2, -0.15) is 0 Å². The van der Waals surface area contributed by atoms with Crippen molar-refractivity contribution in [3.05, 3.63) is 60.8 Å². The number of rotatable bonds is 64. The van der Waals surface area contributed by atoms with E-state index in [0.717, 1.165) is 89.9 Å². The first-order chi connectivity index (χ1) is 39.0. The summed E-state index contributed by atoms with van der Waals surface area (Å²) in [5, 5.41) is 0. The highest BCUT2D eigenvalue weighted by Crippen LogP contribution is 2.18. The Morgan fingerprint density at radius 1 is 0.266 bits per heavy atom. The molecule has 0 amide bonds. The average molecular weight is 1110 g/mol. The molecule has 0 spiro atoms. The lowest BCUT2D eigenvalue weighted by atomic mass is 10.0. The molecule has 0 heterocycles. The van der Waals surface area contributed by atoms with Crippen LogP contribution in [0.2, 0.25) is 0 Å². The van der Waals surface area contributed by atoms with Crippen molar-refractivity contribution in [3.8, 4) is 0 Å². The van der Waals surface area contributed by atoms with E-state index in [1.165, 1.54) is 238 Å². The Bertz CT molecular complexity index is 1410. The first-order valence-electron chi connectivity index (χ1n) is 34.8. The molecule has 0 aromatic heterocycles. The molecule has 6 heteroatoms. The molecule has 0 bridgehead atoms. The van der Waals surface area contributed by atoms with Crippen molar-refractivity contribution in [3.63, 3.8) is 0 Å². The van der Waals surface area contributed by atoms with E-state index in [2.05, 4.69) is 81.5 Å². The highest BCUT2D eigenvalue weighted by molar-refractivity contribution is 5.71. The molecule has 0 saturated heterocycles. The largest absolute Gasteiger partial charge is 0.462 e. The molecule has 6 nitrogen and oxygen atoms in total. The van der Waals surface area contributed by atoms with Crippen LogP contribution in [0.1, 0.15) is 367 Å². The topological polar surface area (TPSA) is 78.9 Å². The van der Waals surface area contributed by atoms with Gasteiger partial charge in [-0.1, -0.05) is 326 Å². The van der Waals surface area contributed by atoms with Crippen LogP contribution in [0.15, 0.2) is 60.8 Å². The van der Waals surface area contributed by atoms with Gasteiger partial charge in [-0.3, -0.25) is 14.4 Å². The normalized spacial score (nSPS) is 12.4. The molecule has 460 valence electrons. The summed E-state index contributed by atoms with van der Waals surface area (Å²) in [5.41, 5.74) is 0. The van der Waals surface area contributed by atoms with Crippen LogP contribution in [-0.4, -0.2) is 37.2 Å². The van der Waals surface area contributed by atoms with E-state index in [-0.39, 0.29) is 31.1 Å². The number of allylic oxidation sites excluding steroid dienone is 10. The maximum atomic E-state index is 12.9. The second kappa shape index (κ2) is 67.6. The van der Waals surface area contributed by atoms with Gasteiger partial charge in [0.1, 0.15) is 13.2 Å². The second-order valence-corrected chi connectivity index (χ2v) is 23.4. The predicted molar refractivity (Wildman–Crippen MR) is 344 cm³/mol. The van der Waals surface area contributed by atoms with E-state index < -0.39 is 6.10 Å². The number of ether oxygens (including phenoxy) is 3. The van der Waals surface area contributed by atoms with Crippen molar-refractivity contribution in [1.82, 2.24) is 0 Å². The van der Waals surface area contributed by atoms with Gasteiger partial charge < -0.3 is 14.2 Å². The number of carbonyl (C=O) groups is 3. The van der Waals surface area contributed by atoms with E-state index in [1.807, 2.05) is 0 Å². The van der Waals surface area contributed by atoms with Crippen molar-refractivity contribution in [2.45, 2.75) is 374 Å². The summed E-state index contributed by atoms with van der Waals surface area (Å²) in [6, 6.07) is 0. The SMILES string of the molecule is CC/C=C\C/C=C\C/C=C\CCCCCC(=O)OCC(COC(=O)CCCCCCCCCCCCCCC/C=C\C/C=C\CCCCCCC)OC(=O)CCCCCCCCCCCCCCCCCCCCCCCCC. The van der Waals surface area contributed by atoms with E-state index >= 15 is 0 Å². The Hall–Kier alpha value is -2.89. The fourth-order valence-corrected chi connectivity index (χ4v) is 10.3. The van der Waals surface area contributed by atoms with Gasteiger partial charge >= 0.3 is 17.9 Å². The molecule has 0 aliphatic rings. The summed E-state index contributed by atoms with van der Waals surface area (Å²) in [6.45, 7) is 6.55. The maximum Gasteiger partial charge on any atom is 0.306 e. The van der Waals surface area contributed by atoms with Gasteiger partial charge in [-0.15, -0.1) is 0 Å². The average Bonchev–Trinajstić information content (AvgIpc) is 3.45. The van der Waals surface area contributed by atoms with Crippen LogP contribution in [0.4, 0.5) is 0 Å². The van der Waals surface area contributed by atoms with Crippen molar-refractivity contribution in [2.24, 2.45) is 0 Å². The first-order valence-corrected chi connectivity index (χ1v) is 34.8. The van der Waals surface area contributed by atoms with Crippen molar-refractivity contribution >= 4 is 17.9 Å². The lowest BCUT2D eigenvalue weighted by Gasteiger charge is -2.18. The van der Waals surface area contributed by atoms with Crippen LogP contribution in [0.3, 0.4) is 0 Å². The summed E-state index contributed by atoms with van der Waals surface area (Å²) >= 11 is 0. The number of esters is 3. The molecule has 0 saturated carbocycles. The summed E-state index contributed by atoms with van der Waals surface area (Å²) in [7, 11) is 0. The molecule has 0 aliphatic heterocycles. The summed E-state index contributed by atoms with van der Waals surface area (Å²) in [6.07, 6.45) is 86.8. The maximum absolute atomic E-state index is 12.9. The molecule has 1 unspecified atom stereocenters. The second-order valence-electron chi connectivity index (χ2n) is 23.4. The van der Waals surface area contributed by atoms with E-state index in [4.69, 9.17) is 14.2 Å². The van der Waals surface area contributed by atoms with Gasteiger partial charge in [0.15, 0.2) is 6.10 Å². The number of hydrogen-bond acceptors (Lipinski definition) is 6. The fraction of sp³-hybridized carbons (Fsp3) is 0.822. The predicted octanol–water partition coefficient (Wildman–Crippen LogP) is 23.9. The Kier molecular flexibility index (Phi) is 65.1. The van der Waals surface area contributed by atoms with Gasteiger partial charge in [0.05, 0.1) is 0 Å². The van der Waals surface area contributed by atoms with Gasteiger partial charge in [0, 0.05) is 19.3 Å². The van der Waals surface area contributed by atoms with Crippen LogP contribution >= 0.6 is 0 Å². The third kappa shape index (κ3) is 65.8. The third-order valence-electron chi connectivity index (χ3n) is 15.5. The van der Waals surface area contributed by atoms with Crippen LogP contribution in [0.5, 0.6) is 0 Å². The molecule has 0 fully saturated rings. The molecule has 0 N–H and O–H groups in total. The molecular formula is C73H132O6. The Morgan fingerprint density at radius 3 is 0.785 bits per heavy atom. The minimum atomic E-state index is -0.786. The Balaban J connectivity index is 4.26. The zero-order chi connectivity index (χ0) is 57.1. The first kappa shape index (κ1) is 76.1. The molecule has 1 atom stereocenters. The minimum absolute atomic E-state index is 0.0803. The summed E-state index contributed by atoms with van der Waals surface area (Å²) < 4.78 is 17.0. The van der Waals surface area contributed by atoms with Crippen LogP contribution in [-0.2, 0) is 28.6 Å². The smallest absolute Gasteiger partial charge is 0.306 e. The van der Waals surface area contributed by atoms with E-state index in [1.54, 1.807) is 0 Å². The quantitative estimate of drug-likeness (QED) is 0.0261. The monoisotopic (exact) mass is 1110 g/mol. The minimum Gasteiger partial charge on any atom is -0.462 e. The van der Waals surface area contributed by atoms with Crippen LogP contribution < -0.4 is 0 Å². The zero-order valence-electron chi connectivity index (χ0n) is 52.9. The number of unbranched alkanes of at least 4 members (excludes halogenated alkanes) is 43. The standard InChI is InChI=1S/C73H132O6/c1-4-7-10-13-16-19-22-25-27-29-31-33-35-36-38-39-41-43-45-48-51-54-57-60-63-66-72(75)78-69-70(68-77-71(74)65-62-59-56-53-50-47-24-21-18-15-12-9-6-3)79-73(76)67-64-61-58-55-52-49-46-44-42-40-37-34-32-30-28-26-23-20-17-14-11-8-5-2/h9,12,18,21-22,25,29,31,47,50,70H,4-8,10-11,13-17,19-20,23-24,26-28,30,32-46,48-49,51-69H2,1-3H3/b12-9-,21-18-,25-22-,31-29-,50-47-. The summed E-state index contributed by atoms with van der Waals surface area (Å²) in [4.78, 5) is 38.4. The molecule has 0 aliphatic carbocycles. The third-order valence-corrected chi connectivity index (χ3v) is 15.5. The van der Waals surface area contributed by atoms with Crippen molar-refractivity contribution in [2.75, 3.05) is 13.2 Å². The number of carbonyl (C=O) groups excluding carboxylic acids is 3. The van der Waals surface area contributed by atoms with E-state index in [0.29, 0.717) is 19.3 Å². The van der Waals surface area contributed by atoms with Gasteiger partial charge in [0.25, 0.3) is 0 Å². The number of hydrogen-bond donors (Lipinski definition) is 0. The highest BCUT2D eigenvalue weighted by atomic mass is 16.6. The van der Waals surface area contributed by atoms with Crippen LogP contribution in [0, 0.1) is 0 Å². The molecule has 0 aromatic rings.